The molecule has 1 rings (SSSR count). The van der Waals surface area contributed by atoms with Crippen molar-refractivity contribution in [1.82, 2.24) is 0 Å². The van der Waals surface area contributed by atoms with Crippen molar-refractivity contribution >= 4 is 8.80 Å². The van der Waals surface area contributed by atoms with Gasteiger partial charge in [0.2, 0.25) is 0 Å². The van der Waals surface area contributed by atoms with Crippen LogP contribution in [0.3, 0.4) is 0 Å². The maximum absolute atomic E-state index is 2.51. The summed E-state index contributed by atoms with van der Waals surface area (Å²) in [6, 6.07) is 0. The largest absolute Gasteiger partial charge is 0.0812 e. The maximum atomic E-state index is 2.51. The molecule has 0 aromatic rings. The second-order valence-electron chi connectivity index (χ2n) is 6.63. The average Bonchev–Trinajstić information content (AvgIpc) is 2.45. The van der Waals surface area contributed by atoms with Gasteiger partial charge in [0.15, 0.2) is 0 Å². The van der Waals surface area contributed by atoms with Crippen LogP contribution in [0.1, 0.15) is 47.5 Å². The summed E-state index contributed by atoms with van der Waals surface area (Å²) in [6.07, 6.45) is 4.92. The highest BCUT2D eigenvalue weighted by Crippen LogP contribution is 2.42. The zero-order valence-corrected chi connectivity index (χ0v) is 13.2. The third-order valence-electron chi connectivity index (χ3n) is 3.15. The molecule has 0 spiro atoms. The van der Waals surface area contributed by atoms with Crippen LogP contribution in [0.15, 0.2) is 22.4 Å². The fraction of sp³-hybridized carbons (Fsp3) is 0.667. The van der Waals surface area contributed by atoms with Crippen LogP contribution in [-0.4, -0.2) is 8.80 Å². The van der Waals surface area contributed by atoms with E-state index in [1.54, 1.807) is 16.3 Å². The van der Waals surface area contributed by atoms with Gasteiger partial charge in [-0.05, 0) is 29.7 Å². The van der Waals surface area contributed by atoms with E-state index in [-0.39, 0.29) is 0 Å². The van der Waals surface area contributed by atoms with E-state index in [9.17, 15) is 0 Å². The van der Waals surface area contributed by atoms with Crippen LogP contribution < -0.4 is 0 Å². The molecule has 0 saturated heterocycles. The Morgan fingerprint density at radius 1 is 1.25 bits per heavy atom. The lowest BCUT2D eigenvalue weighted by Crippen LogP contribution is -2.18. The van der Waals surface area contributed by atoms with Gasteiger partial charge in [-0.15, -0.1) is 0 Å². The molecule has 0 aromatic carbocycles. The van der Waals surface area contributed by atoms with Gasteiger partial charge in [0.05, 0.1) is 8.80 Å². The second kappa shape index (κ2) is 4.91. The number of rotatable bonds is 3. The molecule has 1 radical (unpaired) electrons. The molecular weight excluding hydrogens is 208 g/mol. The first kappa shape index (κ1) is 13.8. The summed E-state index contributed by atoms with van der Waals surface area (Å²) < 4.78 is 0. The number of hydrogen-bond acceptors (Lipinski definition) is 0. The smallest absolute Gasteiger partial charge is 0.0647 e. The Kier molecular flexibility index (Phi) is 4.22. The van der Waals surface area contributed by atoms with E-state index in [0.717, 1.165) is 0 Å². The van der Waals surface area contributed by atoms with Crippen molar-refractivity contribution < 1.29 is 0 Å². The van der Waals surface area contributed by atoms with Crippen molar-refractivity contribution in [3.05, 3.63) is 28.3 Å². The number of hydrogen-bond donors (Lipinski definition) is 0. The summed E-state index contributed by atoms with van der Waals surface area (Å²) in [5, 5.41) is 1.73. The minimum atomic E-state index is -0.670. The third kappa shape index (κ3) is 3.10. The van der Waals surface area contributed by atoms with Crippen molar-refractivity contribution in [3.63, 3.8) is 0 Å². The van der Waals surface area contributed by atoms with Gasteiger partial charge in [-0.2, -0.15) is 0 Å². The van der Waals surface area contributed by atoms with Gasteiger partial charge in [-0.1, -0.05) is 64.6 Å². The first-order valence-electron chi connectivity index (χ1n) is 6.45. The van der Waals surface area contributed by atoms with Gasteiger partial charge >= 0.3 is 0 Å². The molecule has 0 aliphatic heterocycles. The first-order valence-corrected chi connectivity index (χ1v) is 9.34. The lowest BCUT2D eigenvalue weighted by atomic mass is 9.83. The highest BCUT2D eigenvalue weighted by molar-refractivity contribution is 6.65. The molecule has 16 heavy (non-hydrogen) atoms. The predicted molar refractivity (Wildman–Crippen MR) is 77.3 cm³/mol. The summed E-state index contributed by atoms with van der Waals surface area (Å²) in [7, 11) is -0.670. The van der Waals surface area contributed by atoms with E-state index < -0.39 is 8.80 Å². The summed E-state index contributed by atoms with van der Waals surface area (Å²) in [6.45, 7) is 16.5. The molecule has 0 heterocycles. The van der Waals surface area contributed by atoms with Gasteiger partial charge in [0.25, 0.3) is 0 Å². The van der Waals surface area contributed by atoms with Crippen molar-refractivity contribution in [3.8, 4) is 0 Å². The van der Waals surface area contributed by atoms with Crippen molar-refractivity contribution in [2.24, 2.45) is 5.41 Å². The molecule has 0 fully saturated rings. The Balaban J connectivity index is 3.07. The molecule has 0 N–H and O–H groups in total. The van der Waals surface area contributed by atoms with Gasteiger partial charge < -0.3 is 0 Å². The van der Waals surface area contributed by atoms with E-state index in [1.165, 1.54) is 18.8 Å². The van der Waals surface area contributed by atoms with E-state index in [1.807, 2.05) is 0 Å². The minimum absolute atomic E-state index is 0.324. The minimum Gasteiger partial charge on any atom is -0.0812 e. The Bertz CT molecular complexity index is 311. The topological polar surface area (TPSA) is 0 Å². The number of allylic oxidation sites excluding steroid dienone is 4. The van der Waals surface area contributed by atoms with Crippen LogP contribution >= 0.6 is 0 Å². The monoisotopic (exact) mass is 235 g/mol. The molecule has 0 aromatic heterocycles. The molecule has 0 unspecified atom stereocenters. The molecule has 0 atom stereocenters. The van der Waals surface area contributed by atoms with Crippen molar-refractivity contribution in [2.75, 3.05) is 0 Å². The SMILES string of the molecule is C[C](C)CC1=C(C(C)(C)C)C([SiH](C)C)=CC1. The fourth-order valence-corrected chi connectivity index (χ4v) is 4.52. The van der Waals surface area contributed by atoms with Crippen LogP contribution in [0.5, 0.6) is 0 Å². The molecule has 1 aliphatic rings. The molecule has 0 bridgehead atoms. The van der Waals surface area contributed by atoms with E-state index in [2.05, 4.69) is 53.8 Å². The van der Waals surface area contributed by atoms with Crippen LogP contribution in [0, 0.1) is 11.3 Å². The van der Waals surface area contributed by atoms with E-state index in [0.29, 0.717) is 5.41 Å². The highest BCUT2D eigenvalue weighted by Gasteiger charge is 2.29. The Labute approximate surface area is 103 Å². The molecular formula is C15H27Si. The maximum Gasteiger partial charge on any atom is 0.0647 e. The first-order chi connectivity index (χ1) is 7.23. The molecule has 0 amide bonds. The normalized spacial score (nSPS) is 17.7. The Hall–Kier alpha value is -0.303. The van der Waals surface area contributed by atoms with Crippen molar-refractivity contribution in [2.45, 2.75) is 60.6 Å². The third-order valence-corrected chi connectivity index (χ3v) is 4.92. The lowest BCUT2D eigenvalue weighted by Gasteiger charge is -2.28. The van der Waals surface area contributed by atoms with Crippen LogP contribution in [0.25, 0.3) is 0 Å². The second-order valence-corrected chi connectivity index (χ2v) is 9.56. The van der Waals surface area contributed by atoms with Gasteiger partial charge in [0.1, 0.15) is 0 Å². The van der Waals surface area contributed by atoms with E-state index in [4.69, 9.17) is 0 Å². The lowest BCUT2D eigenvalue weighted by molar-refractivity contribution is 0.509. The van der Waals surface area contributed by atoms with Gasteiger partial charge in [-0.3, -0.25) is 0 Å². The molecule has 0 nitrogen and oxygen atoms in total. The highest BCUT2D eigenvalue weighted by atomic mass is 28.3. The van der Waals surface area contributed by atoms with Crippen molar-refractivity contribution in [1.29, 1.82) is 0 Å². The summed E-state index contributed by atoms with van der Waals surface area (Å²) in [5.74, 6) is 1.54. The van der Waals surface area contributed by atoms with Gasteiger partial charge in [0, 0.05) is 0 Å². The fourth-order valence-electron chi connectivity index (χ4n) is 2.72. The molecule has 1 heteroatoms. The standard InChI is InChI=1S/C15H27Si/c1-11(2)10-12-8-9-13(16(6)7)14(12)15(3,4)5/h9,16H,8,10H2,1-7H3. The summed E-state index contributed by atoms with van der Waals surface area (Å²) in [5.41, 5.74) is 3.70. The molecule has 1 aliphatic carbocycles. The van der Waals surface area contributed by atoms with Crippen LogP contribution in [0.2, 0.25) is 13.1 Å². The van der Waals surface area contributed by atoms with E-state index >= 15 is 0 Å². The molecule has 0 saturated carbocycles. The summed E-state index contributed by atoms with van der Waals surface area (Å²) >= 11 is 0. The Morgan fingerprint density at radius 2 is 1.81 bits per heavy atom. The van der Waals surface area contributed by atoms with Gasteiger partial charge in [-0.25, -0.2) is 0 Å². The average molecular weight is 235 g/mol. The molecule has 91 valence electrons. The zero-order valence-electron chi connectivity index (χ0n) is 12.1. The van der Waals surface area contributed by atoms with Crippen LogP contribution in [0.4, 0.5) is 0 Å². The van der Waals surface area contributed by atoms with Crippen LogP contribution in [-0.2, 0) is 0 Å². The quantitative estimate of drug-likeness (QED) is 0.623. The summed E-state index contributed by atoms with van der Waals surface area (Å²) in [4.78, 5) is 0. The zero-order chi connectivity index (χ0) is 12.5. The predicted octanol–water partition coefficient (Wildman–Crippen LogP) is 4.69. The Morgan fingerprint density at radius 3 is 2.19 bits per heavy atom.